The Kier molecular flexibility index (Phi) is 4.61. The van der Waals surface area contributed by atoms with Crippen LogP contribution in [0.4, 0.5) is 4.39 Å². The Labute approximate surface area is 173 Å². The van der Waals surface area contributed by atoms with E-state index in [0.717, 1.165) is 14.6 Å². The molecule has 0 aliphatic carbocycles. The molecule has 5 aromatic rings. The highest BCUT2D eigenvalue weighted by molar-refractivity contribution is 8.00. The molecule has 0 N–H and O–H groups in total. The molecule has 0 saturated heterocycles. The highest BCUT2D eigenvalue weighted by Gasteiger charge is 2.14. The van der Waals surface area contributed by atoms with Crippen molar-refractivity contribution in [3.63, 3.8) is 0 Å². The molecular formula is C22H14FN3OS2. The topological polar surface area (TPSA) is 47.8 Å². The van der Waals surface area contributed by atoms with Crippen molar-refractivity contribution >= 4 is 44.2 Å². The minimum absolute atomic E-state index is 0.165. The van der Waals surface area contributed by atoms with Crippen LogP contribution in [0.2, 0.25) is 0 Å². The van der Waals surface area contributed by atoms with Crippen LogP contribution in [0.25, 0.3) is 26.8 Å². The lowest BCUT2D eigenvalue weighted by atomic mass is 10.2. The van der Waals surface area contributed by atoms with Crippen LogP contribution in [0.1, 0.15) is 5.82 Å². The second-order valence-corrected chi connectivity index (χ2v) is 8.65. The van der Waals surface area contributed by atoms with E-state index in [4.69, 9.17) is 4.98 Å². The van der Waals surface area contributed by atoms with Gasteiger partial charge in [-0.1, -0.05) is 36.0 Å². The Bertz CT molecular complexity index is 1360. The van der Waals surface area contributed by atoms with E-state index < -0.39 is 0 Å². The van der Waals surface area contributed by atoms with E-state index in [1.165, 1.54) is 23.9 Å². The first-order chi connectivity index (χ1) is 14.2. The number of thiazole rings is 1. The molecule has 0 atom stereocenters. The summed E-state index contributed by atoms with van der Waals surface area (Å²) >= 11 is 3.15. The quantitative estimate of drug-likeness (QED) is 0.365. The van der Waals surface area contributed by atoms with Gasteiger partial charge in [0.1, 0.15) is 11.6 Å². The van der Waals surface area contributed by atoms with Crippen LogP contribution in [0.15, 0.2) is 81.9 Å². The van der Waals surface area contributed by atoms with Crippen molar-refractivity contribution in [3.8, 4) is 5.69 Å². The lowest BCUT2D eigenvalue weighted by molar-refractivity contribution is 0.627. The van der Waals surface area contributed by atoms with Crippen LogP contribution >= 0.6 is 23.1 Å². The number of fused-ring (bicyclic) bond motifs is 2. The molecule has 7 heteroatoms. The first-order valence-corrected chi connectivity index (χ1v) is 10.7. The number of benzene rings is 3. The van der Waals surface area contributed by atoms with Crippen molar-refractivity contribution in [2.24, 2.45) is 0 Å². The van der Waals surface area contributed by atoms with Gasteiger partial charge < -0.3 is 0 Å². The second kappa shape index (κ2) is 7.42. The zero-order valence-corrected chi connectivity index (χ0v) is 16.7. The number of nitrogens with zero attached hydrogens (tertiary/aromatic N) is 3. The van der Waals surface area contributed by atoms with E-state index in [2.05, 4.69) is 4.98 Å². The Morgan fingerprint density at radius 3 is 2.41 bits per heavy atom. The summed E-state index contributed by atoms with van der Waals surface area (Å²) in [5.41, 5.74) is 2.04. The zero-order chi connectivity index (χ0) is 19.8. The van der Waals surface area contributed by atoms with Crippen LogP contribution in [0.3, 0.4) is 0 Å². The van der Waals surface area contributed by atoms with Crippen molar-refractivity contribution in [1.82, 2.24) is 14.5 Å². The third-order valence-corrected chi connectivity index (χ3v) is 6.70. The fraction of sp³-hybridized carbons (Fsp3) is 0.0455. The van der Waals surface area contributed by atoms with Gasteiger partial charge in [0.15, 0.2) is 4.34 Å². The second-order valence-electron chi connectivity index (χ2n) is 6.40. The molecule has 0 aliphatic heterocycles. The maximum atomic E-state index is 13.4. The highest BCUT2D eigenvalue weighted by Crippen LogP contribution is 2.31. The maximum absolute atomic E-state index is 13.4. The van der Waals surface area contributed by atoms with Crippen molar-refractivity contribution in [1.29, 1.82) is 0 Å². The average Bonchev–Trinajstić information content (AvgIpc) is 3.16. The summed E-state index contributed by atoms with van der Waals surface area (Å²) in [4.78, 5) is 22.6. The molecule has 0 radical (unpaired) electrons. The van der Waals surface area contributed by atoms with E-state index in [-0.39, 0.29) is 11.4 Å². The summed E-state index contributed by atoms with van der Waals surface area (Å²) in [6.07, 6.45) is 0. The van der Waals surface area contributed by atoms with Crippen molar-refractivity contribution in [2.75, 3.05) is 0 Å². The summed E-state index contributed by atoms with van der Waals surface area (Å²) in [5, 5.41) is 0.533. The van der Waals surface area contributed by atoms with Crippen molar-refractivity contribution < 1.29 is 4.39 Å². The van der Waals surface area contributed by atoms with Crippen LogP contribution < -0.4 is 5.56 Å². The molecule has 2 heterocycles. The summed E-state index contributed by atoms with van der Waals surface area (Å²) < 4.78 is 17.0. The van der Waals surface area contributed by atoms with Gasteiger partial charge in [-0.2, -0.15) is 0 Å². The Morgan fingerprint density at radius 1 is 0.897 bits per heavy atom. The fourth-order valence-electron chi connectivity index (χ4n) is 3.17. The number of hydrogen-bond donors (Lipinski definition) is 0. The van der Waals surface area contributed by atoms with Crippen molar-refractivity contribution in [3.05, 3.63) is 94.8 Å². The molecule has 29 heavy (non-hydrogen) atoms. The van der Waals surface area contributed by atoms with Crippen molar-refractivity contribution in [2.45, 2.75) is 10.1 Å². The number of hydrogen-bond acceptors (Lipinski definition) is 5. The van der Waals surface area contributed by atoms with E-state index in [0.29, 0.717) is 28.2 Å². The third kappa shape index (κ3) is 3.43. The lowest BCUT2D eigenvalue weighted by Gasteiger charge is -2.13. The van der Waals surface area contributed by atoms with Gasteiger partial charge in [0.25, 0.3) is 5.56 Å². The van der Waals surface area contributed by atoms with E-state index in [9.17, 15) is 9.18 Å². The molecule has 3 aromatic carbocycles. The average molecular weight is 420 g/mol. The standard InChI is InChI=1S/C22H14FN3OS2/c23-14-9-11-15(12-10-14)26-20(24-17-6-2-1-5-16(17)21(26)27)13-28-22-25-18-7-3-4-8-19(18)29-22/h1-12H,13H2. The van der Waals surface area contributed by atoms with Gasteiger partial charge in [-0.15, -0.1) is 11.3 Å². The van der Waals surface area contributed by atoms with E-state index in [1.807, 2.05) is 42.5 Å². The number of rotatable bonds is 4. The molecule has 4 nitrogen and oxygen atoms in total. The maximum Gasteiger partial charge on any atom is 0.265 e. The largest absolute Gasteiger partial charge is 0.268 e. The number of para-hydroxylation sites is 2. The molecule has 5 rings (SSSR count). The van der Waals surface area contributed by atoms with Gasteiger partial charge in [-0.25, -0.2) is 14.4 Å². The van der Waals surface area contributed by atoms with Gasteiger partial charge in [0.05, 0.1) is 32.6 Å². The van der Waals surface area contributed by atoms with Gasteiger partial charge in [0.2, 0.25) is 0 Å². The van der Waals surface area contributed by atoms with Gasteiger partial charge >= 0.3 is 0 Å². The minimum atomic E-state index is -0.346. The highest BCUT2D eigenvalue weighted by atomic mass is 32.2. The van der Waals surface area contributed by atoms with Crippen LogP contribution in [0.5, 0.6) is 0 Å². The molecule has 0 fully saturated rings. The summed E-state index contributed by atoms with van der Waals surface area (Å²) in [6.45, 7) is 0. The monoisotopic (exact) mass is 419 g/mol. The van der Waals surface area contributed by atoms with Crippen LogP contribution in [-0.4, -0.2) is 14.5 Å². The number of aromatic nitrogens is 3. The Morgan fingerprint density at radius 2 is 1.62 bits per heavy atom. The minimum Gasteiger partial charge on any atom is -0.268 e. The Hall–Kier alpha value is -3.03. The van der Waals surface area contributed by atoms with E-state index in [1.54, 1.807) is 34.1 Å². The summed E-state index contributed by atoms with van der Waals surface area (Å²) in [5.74, 6) is 0.725. The van der Waals surface area contributed by atoms with Gasteiger partial charge in [-0.3, -0.25) is 9.36 Å². The molecule has 0 saturated carbocycles. The third-order valence-electron chi connectivity index (χ3n) is 4.53. The molecule has 0 aliphatic rings. The molecule has 0 spiro atoms. The fourth-order valence-corrected chi connectivity index (χ4v) is 5.16. The summed E-state index contributed by atoms with van der Waals surface area (Å²) in [6, 6.07) is 21.1. The number of halogens is 1. The predicted molar refractivity (Wildman–Crippen MR) is 116 cm³/mol. The summed E-state index contributed by atoms with van der Waals surface area (Å²) in [7, 11) is 0. The molecule has 0 bridgehead atoms. The lowest BCUT2D eigenvalue weighted by Crippen LogP contribution is -2.23. The molecule has 0 amide bonds. The molecule has 2 aromatic heterocycles. The van der Waals surface area contributed by atoms with E-state index >= 15 is 0 Å². The zero-order valence-electron chi connectivity index (χ0n) is 15.1. The van der Waals surface area contributed by atoms with Crippen LogP contribution in [0, 0.1) is 5.82 Å². The van der Waals surface area contributed by atoms with Gasteiger partial charge in [0, 0.05) is 0 Å². The first-order valence-electron chi connectivity index (χ1n) is 8.94. The van der Waals surface area contributed by atoms with Gasteiger partial charge in [-0.05, 0) is 48.5 Å². The molecular weight excluding hydrogens is 405 g/mol. The predicted octanol–water partition coefficient (Wildman–Crippen LogP) is 5.43. The number of thioether (sulfide) groups is 1. The molecule has 0 unspecified atom stereocenters. The van der Waals surface area contributed by atoms with Crippen LogP contribution in [-0.2, 0) is 5.75 Å². The smallest absolute Gasteiger partial charge is 0.265 e. The molecule has 142 valence electrons. The SMILES string of the molecule is O=c1c2ccccc2nc(CSc2nc3ccccc3s2)n1-c1ccc(F)cc1. The normalized spacial score (nSPS) is 11.3. The first kappa shape index (κ1) is 18.0. The Balaban J connectivity index is 1.60.